The molecule has 1 heterocycles. The predicted molar refractivity (Wildman–Crippen MR) is 112 cm³/mol. The van der Waals surface area contributed by atoms with Crippen LogP contribution in [0.15, 0.2) is 46.2 Å². The fraction of sp³-hybridized carbons (Fsp3) is 0.222. The van der Waals surface area contributed by atoms with Crippen LogP contribution in [0.25, 0.3) is 0 Å². The van der Waals surface area contributed by atoms with E-state index in [-0.39, 0.29) is 28.2 Å². The molecule has 154 valence electrons. The molecule has 3 rings (SSSR count). The van der Waals surface area contributed by atoms with Crippen LogP contribution >= 0.6 is 23.4 Å². The summed E-state index contributed by atoms with van der Waals surface area (Å²) in [6.07, 6.45) is 1.88. The molecule has 0 bridgehead atoms. The van der Waals surface area contributed by atoms with E-state index >= 15 is 0 Å². The molecule has 2 N–H and O–H groups in total. The number of thioether (sulfide) groups is 1. The van der Waals surface area contributed by atoms with Gasteiger partial charge in [0.2, 0.25) is 15.9 Å². The number of fused-ring (bicyclic) bond motifs is 1. The molecule has 11 heteroatoms. The molecule has 2 aromatic carbocycles. The summed E-state index contributed by atoms with van der Waals surface area (Å²) in [4.78, 5) is 24.4. The van der Waals surface area contributed by atoms with Crippen molar-refractivity contribution in [3.63, 3.8) is 0 Å². The lowest BCUT2D eigenvalue weighted by Crippen LogP contribution is -2.35. The zero-order valence-corrected chi connectivity index (χ0v) is 18.0. The average molecular weight is 456 g/mol. The molecule has 1 aliphatic heterocycles. The van der Waals surface area contributed by atoms with Gasteiger partial charge >= 0.3 is 0 Å². The van der Waals surface area contributed by atoms with Gasteiger partial charge < -0.3 is 15.4 Å². The number of likely N-dealkylation sites (N-methyl/N-ethyl adjacent to an activating group) is 1. The van der Waals surface area contributed by atoms with Crippen LogP contribution in [0.1, 0.15) is 0 Å². The van der Waals surface area contributed by atoms with Gasteiger partial charge in [0.25, 0.3) is 5.91 Å². The number of hydrogen-bond donors (Lipinski definition) is 2. The molecule has 0 radical (unpaired) electrons. The van der Waals surface area contributed by atoms with Gasteiger partial charge in [-0.15, -0.1) is 11.8 Å². The van der Waals surface area contributed by atoms with E-state index in [1.54, 1.807) is 12.1 Å². The van der Waals surface area contributed by atoms with Gasteiger partial charge in [0.05, 0.1) is 22.9 Å². The summed E-state index contributed by atoms with van der Waals surface area (Å²) in [5.74, 6) is -0.655. The summed E-state index contributed by atoms with van der Waals surface area (Å²) >= 11 is 7.59. The van der Waals surface area contributed by atoms with Crippen molar-refractivity contribution >= 4 is 56.6 Å². The van der Waals surface area contributed by atoms with Crippen LogP contribution < -0.4 is 15.4 Å². The van der Waals surface area contributed by atoms with Crippen molar-refractivity contribution < 1.29 is 22.7 Å². The second-order valence-electron chi connectivity index (χ2n) is 6.13. The number of carbonyl (C=O) groups is 2. The highest BCUT2D eigenvalue weighted by molar-refractivity contribution is 7.98. The first-order valence-electron chi connectivity index (χ1n) is 8.38. The first-order chi connectivity index (χ1) is 13.7. The average Bonchev–Trinajstić information content (AvgIpc) is 2.67. The molecule has 1 aliphatic rings. The molecule has 29 heavy (non-hydrogen) atoms. The number of ether oxygens (including phenoxy) is 1. The van der Waals surface area contributed by atoms with E-state index in [9.17, 15) is 18.0 Å². The van der Waals surface area contributed by atoms with Crippen molar-refractivity contribution in [1.82, 2.24) is 4.31 Å². The first-order valence-corrected chi connectivity index (χ1v) is 11.4. The van der Waals surface area contributed by atoms with Gasteiger partial charge in [0, 0.05) is 18.0 Å². The molecular formula is C18H18ClN3O5S2. The number of benzene rings is 2. The maximum absolute atomic E-state index is 12.9. The fourth-order valence-corrected chi connectivity index (χ4v) is 4.87. The lowest BCUT2D eigenvalue weighted by atomic mass is 10.2. The molecule has 0 saturated carbocycles. The van der Waals surface area contributed by atoms with Crippen molar-refractivity contribution in [1.29, 1.82) is 0 Å². The Bertz CT molecular complexity index is 1080. The van der Waals surface area contributed by atoms with E-state index in [1.165, 1.54) is 30.9 Å². The Labute approximate surface area is 177 Å². The number of nitrogens with one attached hydrogen (secondary N) is 2. The molecule has 2 aromatic rings. The third-order valence-corrected chi connectivity index (χ3v) is 7.17. The maximum Gasteiger partial charge on any atom is 0.262 e. The summed E-state index contributed by atoms with van der Waals surface area (Å²) < 4.78 is 32.0. The van der Waals surface area contributed by atoms with Crippen molar-refractivity contribution in [2.24, 2.45) is 0 Å². The number of rotatable bonds is 6. The molecule has 0 spiro atoms. The summed E-state index contributed by atoms with van der Waals surface area (Å²) in [7, 11) is -2.79. The molecule has 2 amide bonds. The highest BCUT2D eigenvalue weighted by atomic mass is 35.5. The van der Waals surface area contributed by atoms with Gasteiger partial charge in [-0.1, -0.05) is 23.7 Å². The van der Waals surface area contributed by atoms with Crippen LogP contribution in [-0.4, -0.2) is 51.0 Å². The Morgan fingerprint density at radius 1 is 1.34 bits per heavy atom. The minimum atomic E-state index is -4.08. The molecule has 8 nitrogen and oxygen atoms in total. The van der Waals surface area contributed by atoms with E-state index in [2.05, 4.69) is 10.6 Å². The number of amides is 2. The van der Waals surface area contributed by atoms with E-state index in [0.717, 1.165) is 9.20 Å². The number of nitrogens with zero attached hydrogens (tertiary/aromatic N) is 1. The Kier molecular flexibility index (Phi) is 6.37. The van der Waals surface area contributed by atoms with Gasteiger partial charge in [-0.05, 0) is 24.5 Å². The second kappa shape index (κ2) is 8.62. The minimum Gasteiger partial charge on any atom is -0.482 e. The quantitative estimate of drug-likeness (QED) is 0.649. The number of para-hydroxylation sites is 1. The standard InChI is InChI=1S/C18H18ClN3O5S2/c1-22(9-17(23)20-12-5-3-4-6-15(12)28-2)29(25,26)16-8-14-13(7-11(16)19)21-18(24)10-27-14/h3-8H,9-10H2,1-2H3,(H,20,23)(H,21,24). The minimum absolute atomic E-state index is 0.0884. The highest BCUT2D eigenvalue weighted by Gasteiger charge is 2.29. The SMILES string of the molecule is CSc1ccccc1NC(=O)CN(C)S(=O)(=O)c1cc2c(cc1Cl)NC(=O)CO2. The Morgan fingerprint density at radius 2 is 2.07 bits per heavy atom. The van der Waals surface area contributed by atoms with Gasteiger partial charge in [-0.25, -0.2) is 8.42 Å². The normalized spacial score (nSPS) is 13.4. The lowest BCUT2D eigenvalue weighted by Gasteiger charge is -2.22. The van der Waals surface area contributed by atoms with E-state index in [0.29, 0.717) is 11.4 Å². The summed E-state index contributed by atoms with van der Waals surface area (Å²) in [5.41, 5.74) is 0.894. The number of anilines is 2. The number of sulfonamides is 1. The van der Waals surface area contributed by atoms with Crippen LogP contribution in [0.5, 0.6) is 5.75 Å². The Balaban J connectivity index is 1.79. The predicted octanol–water partition coefficient (Wildman–Crippen LogP) is 2.65. The van der Waals surface area contributed by atoms with Gasteiger partial charge in [-0.3, -0.25) is 9.59 Å². The van der Waals surface area contributed by atoms with Crippen molar-refractivity contribution in [3.8, 4) is 5.75 Å². The van der Waals surface area contributed by atoms with Crippen LogP contribution in [0.2, 0.25) is 5.02 Å². The molecule has 0 fully saturated rings. The zero-order chi connectivity index (χ0) is 21.2. The highest BCUT2D eigenvalue weighted by Crippen LogP contribution is 2.36. The molecular weight excluding hydrogens is 438 g/mol. The van der Waals surface area contributed by atoms with Crippen LogP contribution in [-0.2, 0) is 19.6 Å². The summed E-state index contributed by atoms with van der Waals surface area (Å²) in [6, 6.07) is 9.77. The Hall–Kier alpha value is -2.27. The number of hydrogen-bond acceptors (Lipinski definition) is 6. The van der Waals surface area contributed by atoms with Gasteiger partial charge in [0.15, 0.2) is 6.61 Å². The largest absolute Gasteiger partial charge is 0.482 e. The van der Waals surface area contributed by atoms with E-state index in [4.69, 9.17) is 16.3 Å². The molecule has 0 unspecified atom stereocenters. The van der Waals surface area contributed by atoms with Crippen LogP contribution in [0, 0.1) is 0 Å². The van der Waals surface area contributed by atoms with Crippen molar-refractivity contribution in [3.05, 3.63) is 41.4 Å². The third kappa shape index (κ3) is 4.67. The van der Waals surface area contributed by atoms with Gasteiger partial charge in [-0.2, -0.15) is 4.31 Å². The lowest BCUT2D eigenvalue weighted by molar-refractivity contribution is -0.118. The topological polar surface area (TPSA) is 105 Å². The second-order valence-corrected chi connectivity index (χ2v) is 9.39. The van der Waals surface area contributed by atoms with Crippen molar-refractivity contribution in [2.45, 2.75) is 9.79 Å². The van der Waals surface area contributed by atoms with Crippen LogP contribution in [0.4, 0.5) is 11.4 Å². The van der Waals surface area contributed by atoms with Crippen LogP contribution in [0.3, 0.4) is 0 Å². The molecule has 0 saturated heterocycles. The monoisotopic (exact) mass is 455 g/mol. The zero-order valence-electron chi connectivity index (χ0n) is 15.6. The number of halogens is 1. The molecule has 0 aromatic heterocycles. The number of carbonyl (C=O) groups excluding carboxylic acids is 2. The third-order valence-electron chi connectivity index (χ3n) is 4.10. The molecule has 0 atom stereocenters. The smallest absolute Gasteiger partial charge is 0.262 e. The molecule has 0 aliphatic carbocycles. The fourth-order valence-electron chi connectivity index (χ4n) is 2.67. The maximum atomic E-state index is 12.9. The summed E-state index contributed by atoms with van der Waals surface area (Å²) in [6.45, 7) is -0.628. The van der Waals surface area contributed by atoms with Crippen molar-refractivity contribution in [2.75, 3.05) is 37.1 Å². The van der Waals surface area contributed by atoms with E-state index < -0.39 is 22.5 Å². The van der Waals surface area contributed by atoms with Gasteiger partial charge in [0.1, 0.15) is 10.6 Å². The first kappa shape index (κ1) is 21.4. The Morgan fingerprint density at radius 3 is 2.79 bits per heavy atom. The summed E-state index contributed by atoms with van der Waals surface area (Å²) in [5, 5.41) is 5.18. The van der Waals surface area contributed by atoms with E-state index in [1.807, 2.05) is 18.4 Å².